The minimum absolute atomic E-state index is 0.883. The van der Waals surface area contributed by atoms with E-state index >= 15 is 0 Å². The summed E-state index contributed by atoms with van der Waals surface area (Å²) < 4.78 is 4.91. The first-order valence-corrected chi connectivity index (χ1v) is 16.4. The van der Waals surface area contributed by atoms with Crippen LogP contribution in [0.15, 0.2) is 158 Å². The Morgan fingerprint density at radius 3 is 1.60 bits per heavy atom. The van der Waals surface area contributed by atoms with Crippen LogP contribution in [0.4, 0.5) is 0 Å². The molecule has 0 unspecified atom stereocenters. The summed E-state index contributed by atoms with van der Waals surface area (Å²) in [4.78, 5) is 10.2. The van der Waals surface area contributed by atoms with Crippen molar-refractivity contribution in [3.8, 4) is 28.2 Å². The van der Waals surface area contributed by atoms with Gasteiger partial charge in [-0.25, -0.2) is 9.97 Å². The lowest BCUT2D eigenvalue weighted by atomic mass is 10.0. The van der Waals surface area contributed by atoms with Crippen molar-refractivity contribution in [1.82, 2.24) is 18.9 Å². The van der Waals surface area contributed by atoms with E-state index in [9.17, 15) is 0 Å². The average molecular weight is 611 g/mol. The smallest absolute Gasteiger partial charge is 0.0973 e. The summed E-state index contributed by atoms with van der Waals surface area (Å²) in [5.41, 5.74) is 12.9. The quantitative estimate of drug-likeness (QED) is 0.199. The van der Waals surface area contributed by atoms with Crippen LogP contribution in [-0.2, 0) is 0 Å². The van der Waals surface area contributed by atoms with Crippen molar-refractivity contribution in [3.05, 3.63) is 158 Å². The highest BCUT2D eigenvalue weighted by molar-refractivity contribution is 6.33. The van der Waals surface area contributed by atoms with Gasteiger partial charge in [-0.3, -0.25) is 0 Å². The third-order valence-corrected chi connectivity index (χ3v) is 10.0. The molecule has 0 aliphatic heterocycles. The molecule has 48 heavy (non-hydrogen) atoms. The molecule has 0 atom stereocenters. The molecule has 4 heteroatoms. The highest BCUT2D eigenvalue weighted by Crippen LogP contribution is 2.45. The van der Waals surface area contributed by atoms with Gasteiger partial charge in [0.25, 0.3) is 0 Å². The molecular weight excluding hydrogens is 585 g/mol. The van der Waals surface area contributed by atoms with Crippen LogP contribution < -0.4 is 0 Å². The number of hydrogen-bond donors (Lipinski definition) is 0. The molecule has 0 radical (unpaired) electrons. The highest BCUT2D eigenvalue weighted by atomic mass is 15.0. The van der Waals surface area contributed by atoms with Gasteiger partial charge >= 0.3 is 0 Å². The first-order valence-electron chi connectivity index (χ1n) is 16.4. The fraction of sp³-hybridized carbons (Fsp3) is 0. The summed E-state index contributed by atoms with van der Waals surface area (Å²) in [6, 6.07) is 56.3. The van der Waals surface area contributed by atoms with Crippen molar-refractivity contribution < 1.29 is 0 Å². The fourth-order valence-electron chi connectivity index (χ4n) is 8.01. The molecule has 0 bridgehead atoms. The van der Waals surface area contributed by atoms with Gasteiger partial charge in [0.2, 0.25) is 0 Å². The average Bonchev–Trinajstić information content (AvgIpc) is 3.63. The van der Waals surface area contributed by atoms with Crippen molar-refractivity contribution in [2.24, 2.45) is 0 Å². The van der Waals surface area contributed by atoms with Gasteiger partial charge in [0.05, 0.1) is 50.0 Å². The molecule has 11 rings (SSSR count). The molecule has 11 aromatic rings. The molecule has 4 heterocycles. The molecule has 0 fully saturated rings. The molecule has 0 aliphatic rings. The Balaban J connectivity index is 1.20. The summed E-state index contributed by atoms with van der Waals surface area (Å²) in [6.07, 6.45) is 0. The van der Waals surface area contributed by atoms with Crippen LogP contribution in [0.2, 0.25) is 0 Å². The van der Waals surface area contributed by atoms with Gasteiger partial charge in [0, 0.05) is 43.7 Å². The Morgan fingerprint density at radius 2 is 0.896 bits per heavy atom. The van der Waals surface area contributed by atoms with Crippen molar-refractivity contribution in [2.75, 3.05) is 0 Å². The van der Waals surface area contributed by atoms with E-state index in [1.165, 1.54) is 59.9 Å². The summed E-state index contributed by atoms with van der Waals surface area (Å²) >= 11 is 0. The van der Waals surface area contributed by atoms with E-state index in [0.29, 0.717) is 0 Å². The van der Waals surface area contributed by atoms with Gasteiger partial charge in [0.1, 0.15) is 0 Å². The van der Waals surface area contributed by atoms with E-state index in [1.54, 1.807) is 0 Å². The van der Waals surface area contributed by atoms with Crippen molar-refractivity contribution in [2.45, 2.75) is 0 Å². The number of benzene rings is 7. The Labute approximate surface area is 275 Å². The Kier molecular flexibility index (Phi) is 5.08. The SMILES string of the molecule is c1ccc(-c2nc3ccccc3nc2-c2ccc(-n3c4cccc5c6ccccc6n6c7ccccc7c7ccc3c(c54)c76)cc2)cc1. The van der Waals surface area contributed by atoms with Crippen molar-refractivity contribution in [1.29, 1.82) is 0 Å². The van der Waals surface area contributed by atoms with Crippen LogP contribution in [0.1, 0.15) is 0 Å². The van der Waals surface area contributed by atoms with Crippen LogP contribution in [-0.4, -0.2) is 18.9 Å². The van der Waals surface area contributed by atoms with Crippen molar-refractivity contribution in [3.63, 3.8) is 0 Å². The second-order valence-corrected chi connectivity index (χ2v) is 12.6. The molecule has 7 aromatic carbocycles. The standard InChI is InChI=1S/C44H26N4/c1-2-11-27(12-3-1)42-43(46-35-17-7-6-16-34(35)45-42)28-21-23-29(24-22-28)47-38-20-10-15-32-30-13-4-8-18-36(30)48-37-19-9-5-14-31(37)33-25-26-39(47)41(40(32)38)44(33)48/h1-26H. The van der Waals surface area contributed by atoms with E-state index in [0.717, 1.165) is 39.2 Å². The largest absolute Gasteiger partial charge is 0.309 e. The van der Waals surface area contributed by atoms with Crippen LogP contribution in [0.3, 0.4) is 0 Å². The summed E-state index contributed by atoms with van der Waals surface area (Å²) in [7, 11) is 0. The molecule has 0 N–H and O–H groups in total. The summed E-state index contributed by atoms with van der Waals surface area (Å²) in [5.74, 6) is 0. The Morgan fingerprint density at radius 1 is 0.354 bits per heavy atom. The van der Waals surface area contributed by atoms with Crippen molar-refractivity contribution >= 4 is 70.9 Å². The minimum atomic E-state index is 0.883. The van der Waals surface area contributed by atoms with Gasteiger partial charge in [-0.2, -0.15) is 0 Å². The third-order valence-electron chi connectivity index (χ3n) is 10.0. The third kappa shape index (κ3) is 3.38. The molecule has 4 nitrogen and oxygen atoms in total. The Bertz CT molecular complexity index is 3040. The zero-order valence-electron chi connectivity index (χ0n) is 25.8. The second-order valence-electron chi connectivity index (χ2n) is 12.6. The lowest BCUT2D eigenvalue weighted by Crippen LogP contribution is -1.97. The van der Waals surface area contributed by atoms with Gasteiger partial charge in [-0.15, -0.1) is 0 Å². The molecule has 222 valence electrons. The van der Waals surface area contributed by atoms with E-state index in [2.05, 4.69) is 136 Å². The monoisotopic (exact) mass is 610 g/mol. The number of rotatable bonds is 3. The maximum absolute atomic E-state index is 5.15. The maximum atomic E-state index is 5.15. The molecule has 0 amide bonds. The number of hydrogen-bond acceptors (Lipinski definition) is 2. The topological polar surface area (TPSA) is 35.1 Å². The summed E-state index contributed by atoms with van der Waals surface area (Å²) in [5, 5.41) is 7.66. The molecule has 0 spiro atoms. The number of nitrogens with zero attached hydrogens (tertiary/aromatic N) is 4. The maximum Gasteiger partial charge on any atom is 0.0973 e. The van der Waals surface area contributed by atoms with Crippen LogP contribution >= 0.6 is 0 Å². The van der Waals surface area contributed by atoms with E-state index < -0.39 is 0 Å². The van der Waals surface area contributed by atoms with Gasteiger partial charge in [0.15, 0.2) is 0 Å². The summed E-state index contributed by atoms with van der Waals surface area (Å²) in [6.45, 7) is 0. The van der Waals surface area contributed by atoms with Gasteiger partial charge in [-0.1, -0.05) is 109 Å². The minimum Gasteiger partial charge on any atom is -0.309 e. The highest BCUT2D eigenvalue weighted by Gasteiger charge is 2.23. The van der Waals surface area contributed by atoms with E-state index in [-0.39, 0.29) is 0 Å². The van der Waals surface area contributed by atoms with E-state index in [1.807, 2.05) is 30.3 Å². The number of para-hydroxylation sites is 4. The zero-order chi connectivity index (χ0) is 31.3. The van der Waals surface area contributed by atoms with Gasteiger partial charge in [-0.05, 0) is 53.9 Å². The van der Waals surface area contributed by atoms with Crippen LogP contribution in [0, 0.1) is 0 Å². The molecule has 0 saturated carbocycles. The first-order chi connectivity index (χ1) is 23.8. The number of aromatic nitrogens is 4. The van der Waals surface area contributed by atoms with Gasteiger partial charge < -0.3 is 8.97 Å². The second kappa shape index (κ2) is 9.50. The molecule has 4 aromatic heterocycles. The first kappa shape index (κ1) is 25.6. The normalized spacial score (nSPS) is 12.2. The van der Waals surface area contributed by atoms with Crippen LogP contribution in [0.5, 0.6) is 0 Å². The van der Waals surface area contributed by atoms with Crippen LogP contribution in [0.25, 0.3) is 99.1 Å². The van der Waals surface area contributed by atoms with E-state index in [4.69, 9.17) is 9.97 Å². The molecule has 0 aliphatic carbocycles. The number of fused-ring (bicyclic) bond motifs is 7. The Hall–Kier alpha value is -6.52. The lowest BCUT2D eigenvalue weighted by Gasteiger charge is -2.13. The predicted octanol–water partition coefficient (Wildman–Crippen LogP) is 11.2. The lowest BCUT2D eigenvalue weighted by molar-refractivity contribution is 1.18. The fourth-order valence-corrected chi connectivity index (χ4v) is 8.01. The molecular formula is C44H26N4. The molecule has 0 saturated heterocycles. The predicted molar refractivity (Wildman–Crippen MR) is 199 cm³/mol. The zero-order valence-corrected chi connectivity index (χ0v) is 25.8.